The second kappa shape index (κ2) is 12.0. The number of anilines is 1. The maximum atomic E-state index is 13.5. The second-order valence-corrected chi connectivity index (χ2v) is 10.6. The van der Waals surface area contributed by atoms with Crippen molar-refractivity contribution in [2.75, 3.05) is 12.4 Å². The molecule has 0 saturated heterocycles. The van der Waals surface area contributed by atoms with Crippen LogP contribution in [0.5, 0.6) is 0 Å². The van der Waals surface area contributed by atoms with Crippen LogP contribution in [0.25, 0.3) is 11.4 Å². The molecule has 3 heterocycles. The van der Waals surface area contributed by atoms with Crippen molar-refractivity contribution in [3.63, 3.8) is 0 Å². The largest absolute Gasteiger partial charge is 0.453 e. The predicted octanol–water partition coefficient (Wildman–Crippen LogP) is 3.28. The number of nitrogens with zero attached hydrogens (tertiary/aromatic N) is 5. The Hall–Kier alpha value is -5.20. The first-order valence-corrected chi connectivity index (χ1v) is 13.8. The molecule has 43 heavy (non-hydrogen) atoms. The lowest BCUT2D eigenvalue weighted by atomic mass is 9.99. The van der Waals surface area contributed by atoms with Crippen molar-refractivity contribution in [3.8, 4) is 11.4 Å². The first kappa shape index (κ1) is 29.3. The van der Waals surface area contributed by atoms with Crippen LogP contribution in [0.15, 0.2) is 63.9 Å². The van der Waals surface area contributed by atoms with Crippen LogP contribution in [0.3, 0.4) is 0 Å². The zero-order valence-electron chi connectivity index (χ0n) is 24.2. The van der Waals surface area contributed by atoms with Gasteiger partial charge in [-0.2, -0.15) is 0 Å². The molecule has 0 radical (unpaired) electrons. The molecule has 1 fully saturated rings. The first-order chi connectivity index (χ1) is 20.6. The van der Waals surface area contributed by atoms with Gasteiger partial charge in [0.15, 0.2) is 0 Å². The Kier molecular flexibility index (Phi) is 8.15. The fourth-order valence-electron chi connectivity index (χ4n) is 4.81. The second-order valence-electron chi connectivity index (χ2n) is 10.6. The van der Waals surface area contributed by atoms with Crippen molar-refractivity contribution in [2.24, 2.45) is 5.92 Å². The van der Waals surface area contributed by atoms with Crippen LogP contribution in [-0.2, 0) is 21.5 Å². The summed E-state index contributed by atoms with van der Waals surface area (Å²) in [6.07, 6.45) is 2.36. The third kappa shape index (κ3) is 5.92. The number of nitrogens with one attached hydrogen (secondary N) is 2. The van der Waals surface area contributed by atoms with Gasteiger partial charge in [-0.25, -0.2) is 9.78 Å². The van der Waals surface area contributed by atoms with Crippen LogP contribution in [0.4, 0.5) is 10.5 Å². The number of methoxy groups -OCH3 is 1. The minimum absolute atomic E-state index is 0.129. The zero-order valence-corrected chi connectivity index (χ0v) is 24.2. The van der Waals surface area contributed by atoms with Crippen molar-refractivity contribution in [2.45, 2.75) is 51.6 Å². The summed E-state index contributed by atoms with van der Waals surface area (Å²) < 4.78 is 11.6. The molecular weight excluding hydrogens is 554 g/mol. The van der Waals surface area contributed by atoms with E-state index < -0.39 is 41.3 Å². The smallest absolute Gasteiger partial charge is 0.411 e. The highest BCUT2D eigenvalue weighted by Gasteiger charge is 2.52. The van der Waals surface area contributed by atoms with Gasteiger partial charge in [0.05, 0.1) is 30.0 Å². The Bertz CT molecular complexity index is 1710. The van der Waals surface area contributed by atoms with E-state index in [0.29, 0.717) is 11.5 Å². The van der Waals surface area contributed by atoms with Crippen molar-refractivity contribution < 1.29 is 23.5 Å². The normalized spacial score (nSPS) is 14.2. The van der Waals surface area contributed by atoms with E-state index >= 15 is 0 Å². The highest BCUT2D eigenvalue weighted by Crippen LogP contribution is 2.52. The summed E-state index contributed by atoms with van der Waals surface area (Å²) in [4.78, 5) is 61.3. The van der Waals surface area contributed by atoms with Gasteiger partial charge in [0.2, 0.25) is 17.6 Å². The van der Waals surface area contributed by atoms with Crippen LogP contribution in [0.2, 0.25) is 0 Å². The van der Waals surface area contributed by atoms with E-state index in [-0.39, 0.29) is 29.0 Å². The number of benzene rings is 1. The molecule has 0 aliphatic heterocycles. The summed E-state index contributed by atoms with van der Waals surface area (Å²) in [5, 5.41) is 13.3. The van der Waals surface area contributed by atoms with Gasteiger partial charge in [-0.05, 0) is 37.8 Å². The van der Waals surface area contributed by atoms with Gasteiger partial charge in [0, 0.05) is 11.8 Å². The monoisotopic (exact) mass is 585 g/mol. The van der Waals surface area contributed by atoms with Crippen molar-refractivity contribution in [1.29, 1.82) is 0 Å². The van der Waals surface area contributed by atoms with Gasteiger partial charge < -0.3 is 14.5 Å². The van der Waals surface area contributed by atoms with Crippen molar-refractivity contribution in [1.82, 2.24) is 30.0 Å². The standard InChI is InChI=1S/C30H31N7O6/c1-17(2)22(24(39)26-35-36-28(43-26)30(13-14-30)20-12-8-9-15-31-20)33-21(38)16-37-25(19-10-6-5-7-11-19)32-18(3)23(27(37)40)34-29(41)42-4/h5-12,15,17,22H,13-14,16H2,1-4H3,(H,33,38)(H,34,41). The predicted molar refractivity (Wildman–Crippen MR) is 154 cm³/mol. The summed E-state index contributed by atoms with van der Waals surface area (Å²) in [5.41, 5.74) is 0.302. The van der Waals surface area contributed by atoms with Gasteiger partial charge >= 0.3 is 6.09 Å². The number of aromatic nitrogens is 5. The van der Waals surface area contributed by atoms with Crippen LogP contribution in [-0.4, -0.2) is 55.7 Å². The number of pyridine rings is 1. The van der Waals surface area contributed by atoms with E-state index in [9.17, 15) is 19.2 Å². The molecule has 1 aliphatic carbocycles. The molecule has 222 valence electrons. The average molecular weight is 586 g/mol. The number of rotatable bonds is 10. The Morgan fingerprint density at radius 3 is 2.42 bits per heavy atom. The molecule has 1 aliphatic rings. The number of Topliss-reactive ketones (excluding diaryl/α,β-unsaturated/α-hetero) is 1. The van der Waals surface area contributed by atoms with Gasteiger partial charge in [-0.3, -0.25) is 29.3 Å². The molecule has 3 aromatic heterocycles. The fraction of sp³-hybridized carbons (Fsp3) is 0.333. The van der Waals surface area contributed by atoms with E-state index in [1.165, 1.54) is 7.11 Å². The number of carbonyl (C=O) groups is 3. The Morgan fingerprint density at radius 2 is 1.79 bits per heavy atom. The molecule has 1 atom stereocenters. The quantitative estimate of drug-likeness (QED) is 0.263. The third-order valence-corrected chi connectivity index (χ3v) is 7.31. The molecule has 5 rings (SSSR count). The molecule has 0 spiro atoms. The molecular formula is C30H31N7O6. The molecule has 4 aromatic rings. The highest BCUT2D eigenvalue weighted by molar-refractivity contribution is 5.98. The van der Waals surface area contributed by atoms with E-state index in [0.717, 1.165) is 23.1 Å². The number of ether oxygens (including phenoxy) is 1. The third-order valence-electron chi connectivity index (χ3n) is 7.31. The Morgan fingerprint density at radius 1 is 1.07 bits per heavy atom. The minimum atomic E-state index is -1.02. The molecule has 0 bridgehead atoms. The summed E-state index contributed by atoms with van der Waals surface area (Å²) in [6.45, 7) is 4.61. The Balaban J connectivity index is 1.41. The molecule has 1 saturated carbocycles. The maximum Gasteiger partial charge on any atom is 0.411 e. The van der Waals surface area contributed by atoms with E-state index in [2.05, 4.69) is 35.5 Å². The molecule has 1 unspecified atom stereocenters. The average Bonchev–Trinajstić information content (AvgIpc) is 3.68. The van der Waals surface area contributed by atoms with E-state index in [1.54, 1.807) is 51.2 Å². The molecule has 13 nitrogen and oxygen atoms in total. The summed E-state index contributed by atoms with van der Waals surface area (Å²) in [7, 11) is 1.17. The van der Waals surface area contributed by atoms with Gasteiger partial charge in [0.1, 0.15) is 18.1 Å². The highest BCUT2D eigenvalue weighted by atomic mass is 16.5. The first-order valence-electron chi connectivity index (χ1n) is 13.8. The lowest BCUT2D eigenvalue weighted by molar-refractivity contribution is -0.122. The van der Waals surface area contributed by atoms with Crippen molar-refractivity contribution >= 4 is 23.5 Å². The number of ketones is 1. The van der Waals surface area contributed by atoms with Gasteiger partial charge in [-0.1, -0.05) is 50.2 Å². The lowest BCUT2D eigenvalue weighted by Crippen LogP contribution is -2.46. The number of hydrogen-bond donors (Lipinski definition) is 2. The maximum absolute atomic E-state index is 13.5. The van der Waals surface area contributed by atoms with Gasteiger partial charge in [-0.15, -0.1) is 10.2 Å². The van der Waals surface area contributed by atoms with E-state index in [1.807, 2.05) is 24.3 Å². The van der Waals surface area contributed by atoms with Crippen LogP contribution >= 0.6 is 0 Å². The summed E-state index contributed by atoms with van der Waals surface area (Å²) in [5.74, 6) is -1.24. The van der Waals surface area contributed by atoms with Crippen LogP contribution < -0.4 is 16.2 Å². The minimum Gasteiger partial charge on any atom is -0.453 e. The van der Waals surface area contributed by atoms with Crippen LogP contribution in [0, 0.1) is 12.8 Å². The molecule has 2 N–H and O–H groups in total. The van der Waals surface area contributed by atoms with Crippen molar-refractivity contribution in [3.05, 3.63) is 88.3 Å². The summed E-state index contributed by atoms with van der Waals surface area (Å²) >= 11 is 0. The molecule has 2 amide bonds. The topological polar surface area (TPSA) is 171 Å². The lowest BCUT2D eigenvalue weighted by Gasteiger charge is -2.21. The van der Waals surface area contributed by atoms with Crippen LogP contribution in [0.1, 0.15) is 54.7 Å². The summed E-state index contributed by atoms with van der Waals surface area (Å²) in [6, 6.07) is 13.4. The fourth-order valence-corrected chi connectivity index (χ4v) is 4.81. The molecule has 13 heteroatoms. The zero-order chi connectivity index (χ0) is 30.7. The molecule has 1 aromatic carbocycles. The SMILES string of the molecule is COC(=O)Nc1c(C)nc(-c2ccccc2)n(CC(=O)NC(C(=O)c2nnc(C3(c4ccccn4)CC3)o2)C(C)C)c1=O. The van der Waals surface area contributed by atoms with E-state index in [4.69, 9.17) is 4.42 Å². The van der Waals surface area contributed by atoms with Gasteiger partial charge in [0.25, 0.3) is 11.4 Å². The number of carbonyl (C=O) groups excluding carboxylic acids is 3. The number of aryl methyl sites for hydroxylation is 1. The number of amides is 2. The Labute approximate surface area is 246 Å². The number of hydrogen-bond acceptors (Lipinski definition) is 10.